The summed E-state index contributed by atoms with van der Waals surface area (Å²) in [5.74, 6) is -0.394. The van der Waals surface area contributed by atoms with E-state index in [9.17, 15) is 15.2 Å². The maximum absolute atomic E-state index is 13.2. The van der Waals surface area contributed by atoms with Crippen LogP contribution in [0.5, 0.6) is 5.75 Å². The van der Waals surface area contributed by atoms with Crippen molar-refractivity contribution in [3.8, 4) is 11.8 Å². The Morgan fingerprint density at radius 3 is 2.64 bits per heavy atom. The van der Waals surface area contributed by atoms with E-state index in [1.165, 1.54) is 6.07 Å². The van der Waals surface area contributed by atoms with Crippen LogP contribution in [-0.4, -0.2) is 10.9 Å². The van der Waals surface area contributed by atoms with Crippen molar-refractivity contribution in [3.63, 3.8) is 0 Å². The average molecular weight is 437 g/mol. The van der Waals surface area contributed by atoms with E-state index in [0.717, 1.165) is 10.0 Å². The standard InChI is InChI=1S/C22H17BrN2O3/c23-14-6-7-17(26)15(10-14)20-16(11-24)22(25)28-19-9-13(8-18(27)21(19)20)12-4-2-1-3-5-12/h1-7,10,13,20,26H,8-9,25H2/t13-,20+/m0/s1. The summed E-state index contributed by atoms with van der Waals surface area (Å²) < 4.78 is 6.47. The Labute approximate surface area is 170 Å². The highest BCUT2D eigenvalue weighted by molar-refractivity contribution is 9.10. The fourth-order valence-electron chi connectivity index (χ4n) is 3.94. The minimum absolute atomic E-state index is 0.000447. The third-order valence-electron chi connectivity index (χ3n) is 5.23. The number of nitriles is 1. The summed E-state index contributed by atoms with van der Waals surface area (Å²) in [5.41, 5.74) is 8.10. The maximum atomic E-state index is 13.2. The van der Waals surface area contributed by atoms with E-state index >= 15 is 0 Å². The average Bonchev–Trinajstić information content (AvgIpc) is 2.69. The highest BCUT2D eigenvalue weighted by Crippen LogP contribution is 2.48. The zero-order chi connectivity index (χ0) is 19.8. The van der Waals surface area contributed by atoms with E-state index in [1.54, 1.807) is 12.1 Å². The van der Waals surface area contributed by atoms with E-state index in [-0.39, 0.29) is 28.9 Å². The van der Waals surface area contributed by atoms with Gasteiger partial charge in [-0.15, -0.1) is 0 Å². The Morgan fingerprint density at radius 2 is 1.93 bits per heavy atom. The van der Waals surface area contributed by atoms with Crippen molar-refractivity contribution < 1.29 is 14.6 Å². The van der Waals surface area contributed by atoms with E-state index in [2.05, 4.69) is 22.0 Å². The quantitative estimate of drug-likeness (QED) is 0.728. The fraction of sp³-hybridized carbons (Fsp3) is 0.182. The van der Waals surface area contributed by atoms with E-state index in [4.69, 9.17) is 10.5 Å². The highest BCUT2D eigenvalue weighted by Gasteiger charge is 2.41. The van der Waals surface area contributed by atoms with Gasteiger partial charge in [-0.1, -0.05) is 46.3 Å². The van der Waals surface area contributed by atoms with Crippen LogP contribution >= 0.6 is 15.9 Å². The minimum atomic E-state index is -0.740. The van der Waals surface area contributed by atoms with Gasteiger partial charge in [0.25, 0.3) is 0 Å². The number of Topliss-reactive ketones (excluding diaryl/α,β-unsaturated/α-hetero) is 1. The summed E-state index contributed by atoms with van der Waals surface area (Å²) in [6.07, 6.45) is 0.825. The van der Waals surface area contributed by atoms with Gasteiger partial charge in [0.15, 0.2) is 5.78 Å². The second kappa shape index (κ2) is 7.17. The second-order valence-electron chi connectivity index (χ2n) is 6.90. The lowest BCUT2D eigenvalue weighted by Gasteiger charge is -2.34. The molecule has 0 fully saturated rings. The molecule has 2 aliphatic rings. The Hall–Kier alpha value is -3.04. The number of carbonyl (C=O) groups excluding carboxylic acids is 1. The number of benzene rings is 2. The summed E-state index contributed by atoms with van der Waals surface area (Å²) in [6.45, 7) is 0. The monoisotopic (exact) mass is 436 g/mol. The summed E-state index contributed by atoms with van der Waals surface area (Å²) >= 11 is 3.39. The van der Waals surface area contributed by atoms with Gasteiger partial charge in [-0.3, -0.25) is 4.79 Å². The van der Waals surface area contributed by atoms with Gasteiger partial charge in [0, 0.05) is 28.5 Å². The summed E-state index contributed by atoms with van der Waals surface area (Å²) in [4.78, 5) is 13.2. The molecule has 6 heteroatoms. The number of carbonyl (C=O) groups is 1. The normalized spacial score (nSPS) is 21.8. The molecule has 1 heterocycles. The number of rotatable bonds is 2. The zero-order valence-electron chi connectivity index (χ0n) is 14.9. The predicted octanol–water partition coefficient (Wildman–Crippen LogP) is 4.36. The highest BCUT2D eigenvalue weighted by atomic mass is 79.9. The number of hydrogen-bond acceptors (Lipinski definition) is 5. The topological polar surface area (TPSA) is 96.3 Å². The van der Waals surface area contributed by atoms with Gasteiger partial charge in [-0.25, -0.2) is 0 Å². The molecule has 0 saturated carbocycles. The number of halogens is 1. The van der Waals surface area contributed by atoms with Gasteiger partial charge in [0.1, 0.15) is 23.2 Å². The number of nitrogens with two attached hydrogens (primary N) is 1. The zero-order valence-corrected chi connectivity index (χ0v) is 16.4. The third kappa shape index (κ3) is 3.08. The molecule has 1 aliphatic heterocycles. The molecule has 0 unspecified atom stereocenters. The van der Waals surface area contributed by atoms with Crippen molar-refractivity contribution >= 4 is 21.7 Å². The van der Waals surface area contributed by atoms with Crippen LogP contribution in [0.15, 0.2) is 75.8 Å². The van der Waals surface area contributed by atoms with Gasteiger partial charge in [0.05, 0.1) is 5.92 Å². The Balaban J connectivity index is 1.84. The van der Waals surface area contributed by atoms with Crippen LogP contribution in [0.4, 0.5) is 0 Å². The molecule has 3 N–H and O–H groups in total. The van der Waals surface area contributed by atoms with Crippen LogP contribution in [-0.2, 0) is 9.53 Å². The number of ether oxygens (including phenoxy) is 1. The van der Waals surface area contributed by atoms with Gasteiger partial charge in [-0.05, 0) is 29.7 Å². The maximum Gasteiger partial charge on any atom is 0.205 e. The van der Waals surface area contributed by atoms with Crippen molar-refractivity contribution in [2.45, 2.75) is 24.7 Å². The number of aromatic hydroxyl groups is 1. The summed E-state index contributed by atoms with van der Waals surface area (Å²) in [5, 5.41) is 20.1. The molecule has 28 heavy (non-hydrogen) atoms. The van der Waals surface area contributed by atoms with Crippen LogP contribution in [0.3, 0.4) is 0 Å². The number of phenols is 1. The molecule has 0 aromatic heterocycles. The molecule has 2 atom stereocenters. The summed E-state index contributed by atoms with van der Waals surface area (Å²) in [7, 11) is 0. The van der Waals surface area contributed by atoms with Crippen molar-refractivity contribution in [1.82, 2.24) is 0 Å². The first-order valence-corrected chi connectivity index (χ1v) is 9.66. The molecule has 1 aliphatic carbocycles. The van der Waals surface area contributed by atoms with Crippen LogP contribution in [0.2, 0.25) is 0 Å². The van der Waals surface area contributed by atoms with Crippen LogP contribution in [0.1, 0.15) is 35.8 Å². The SMILES string of the molecule is N#CC1=C(N)OC2=C(C(=O)C[C@H](c3ccccc3)C2)[C@@H]1c1cc(Br)ccc1O. The molecule has 5 nitrogen and oxygen atoms in total. The fourth-order valence-corrected chi connectivity index (χ4v) is 4.32. The lowest BCUT2D eigenvalue weighted by molar-refractivity contribution is -0.117. The first kappa shape index (κ1) is 18.3. The van der Waals surface area contributed by atoms with E-state index < -0.39 is 5.92 Å². The molecule has 4 rings (SSSR count). The van der Waals surface area contributed by atoms with Gasteiger partial charge < -0.3 is 15.6 Å². The predicted molar refractivity (Wildman–Crippen MR) is 107 cm³/mol. The number of phenolic OH excluding ortho intramolecular Hbond substituents is 1. The van der Waals surface area contributed by atoms with Crippen molar-refractivity contribution in [2.75, 3.05) is 0 Å². The molecule has 0 amide bonds. The van der Waals surface area contributed by atoms with Crippen molar-refractivity contribution in [2.24, 2.45) is 5.73 Å². The number of allylic oxidation sites excluding steroid dienone is 3. The molecule has 0 spiro atoms. The molecule has 0 bridgehead atoms. The van der Waals surface area contributed by atoms with Crippen molar-refractivity contribution in [1.29, 1.82) is 5.26 Å². The summed E-state index contributed by atoms with van der Waals surface area (Å²) in [6, 6.07) is 16.8. The molecule has 0 saturated heterocycles. The van der Waals surface area contributed by atoms with E-state index in [0.29, 0.717) is 29.7 Å². The first-order valence-electron chi connectivity index (χ1n) is 8.86. The van der Waals surface area contributed by atoms with Crippen LogP contribution in [0.25, 0.3) is 0 Å². The third-order valence-corrected chi connectivity index (χ3v) is 5.73. The van der Waals surface area contributed by atoms with E-state index in [1.807, 2.05) is 30.3 Å². The Morgan fingerprint density at radius 1 is 1.18 bits per heavy atom. The second-order valence-corrected chi connectivity index (χ2v) is 7.82. The van der Waals surface area contributed by atoms with Crippen molar-refractivity contribution in [3.05, 3.63) is 86.9 Å². The Kier molecular flexibility index (Phi) is 4.70. The molecule has 2 aromatic rings. The first-order chi connectivity index (χ1) is 13.5. The molecular formula is C22H17BrN2O3. The van der Waals surface area contributed by atoms with Crippen LogP contribution in [0, 0.1) is 11.3 Å². The van der Waals surface area contributed by atoms with Gasteiger partial charge in [-0.2, -0.15) is 5.26 Å². The van der Waals surface area contributed by atoms with Crippen LogP contribution < -0.4 is 5.73 Å². The number of hydrogen-bond donors (Lipinski definition) is 2. The lowest BCUT2D eigenvalue weighted by atomic mass is 9.73. The Bertz CT molecular complexity index is 1070. The lowest BCUT2D eigenvalue weighted by Crippen LogP contribution is -2.29. The molecular weight excluding hydrogens is 420 g/mol. The van der Waals surface area contributed by atoms with Gasteiger partial charge >= 0.3 is 0 Å². The number of ketones is 1. The minimum Gasteiger partial charge on any atom is -0.508 e. The molecule has 0 radical (unpaired) electrons. The molecule has 140 valence electrons. The largest absolute Gasteiger partial charge is 0.508 e. The smallest absolute Gasteiger partial charge is 0.205 e. The van der Waals surface area contributed by atoms with Gasteiger partial charge in [0.2, 0.25) is 5.88 Å². The number of nitrogens with zero attached hydrogens (tertiary/aromatic N) is 1. The molecule has 2 aromatic carbocycles.